The normalized spacial score (nSPS) is 17.2. The summed E-state index contributed by atoms with van der Waals surface area (Å²) in [6.07, 6.45) is 0.509. The largest absolute Gasteiger partial charge is 0.444 e. The van der Waals surface area contributed by atoms with E-state index in [0.29, 0.717) is 6.54 Å². The first kappa shape index (κ1) is 23.3. The van der Waals surface area contributed by atoms with Gasteiger partial charge in [-0.15, -0.1) is 24.0 Å². The van der Waals surface area contributed by atoms with Crippen LogP contribution in [-0.2, 0) is 11.3 Å². The maximum absolute atomic E-state index is 12.0. The lowest BCUT2D eigenvalue weighted by Gasteiger charge is -2.23. The maximum atomic E-state index is 12.0. The minimum Gasteiger partial charge on any atom is -0.444 e. The molecule has 1 saturated heterocycles. The number of fused-ring (bicyclic) bond motifs is 1. The van der Waals surface area contributed by atoms with Gasteiger partial charge < -0.3 is 25.3 Å². The molecule has 1 aromatic heterocycles. The Balaban J connectivity index is 0.00000300. The van der Waals surface area contributed by atoms with Crippen molar-refractivity contribution in [2.24, 2.45) is 4.99 Å². The number of hydrogen-bond donors (Lipinski definition) is 3. The summed E-state index contributed by atoms with van der Waals surface area (Å²) in [4.78, 5) is 22.4. The third-order valence-corrected chi connectivity index (χ3v) is 4.53. The molecule has 2 heterocycles. The summed E-state index contributed by atoms with van der Waals surface area (Å²) < 4.78 is 5.36. The van der Waals surface area contributed by atoms with Crippen LogP contribution >= 0.6 is 24.0 Å². The molecular weight excluding hydrogens is 481 g/mol. The summed E-state index contributed by atoms with van der Waals surface area (Å²) in [5, 5.41) is 7.52. The molecule has 2 aromatic rings. The van der Waals surface area contributed by atoms with Crippen molar-refractivity contribution in [3.8, 4) is 0 Å². The first-order chi connectivity index (χ1) is 13.3. The second-order valence-electron chi connectivity index (χ2n) is 8.13. The Bertz CT molecular complexity index is 810. The van der Waals surface area contributed by atoms with Crippen molar-refractivity contribution in [3.63, 3.8) is 0 Å². The van der Waals surface area contributed by atoms with Crippen molar-refractivity contribution >= 4 is 46.9 Å². The fourth-order valence-corrected chi connectivity index (χ4v) is 3.35. The Morgan fingerprint density at radius 1 is 1.34 bits per heavy atom. The number of ether oxygens (including phenoxy) is 1. The molecule has 1 fully saturated rings. The molecule has 160 valence electrons. The second-order valence-corrected chi connectivity index (χ2v) is 8.13. The number of carbonyl (C=O) groups excluding carboxylic acids is 1. The molecule has 1 aromatic carbocycles. The zero-order chi connectivity index (χ0) is 20.1. The van der Waals surface area contributed by atoms with Gasteiger partial charge in [0.15, 0.2) is 5.96 Å². The molecule has 1 atom stereocenters. The number of halogens is 1. The van der Waals surface area contributed by atoms with Gasteiger partial charge in [-0.05, 0) is 51.6 Å². The second kappa shape index (κ2) is 10.2. The molecule has 3 N–H and O–H groups in total. The molecule has 1 amide bonds. The molecule has 8 heteroatoms. The number of benzene rings is 1. The summed E-state index contributed by atoms with van der Waals surface area (Å²) in [5.74, 6) is 0.870. The van der Waals surface area contributed by atoms with Crippen LogP contribution in [0.5, 0.6) is 0 Å². The summed E-state index contributed by atoms with van der Waals surface area (Å²) in [6.45, 7) is 10.6. The van der Waals surface area contributed by atoms with Gasteiger partial charge in [-0.2, -0.15) is 0 Å². The molecule has 1 aliphatic rings. The van der Waals surface area contributed by atoms with Crippen LogP contribution in [0, 0.1) is 0 Å². The fraction of sp³-hybridized carbons (Fsp3) is 0.524. The van der Waals surface area contributed by atoms with Gasteiger partial charge in [-0.3, -0.25) is 0 Å². The smallest absolute Gasteiger partial charge is 0.407 e. The third kappa shape index (κ3) is 6.80. The zero-order valence-corrected chi connectivity index (χ0v) is 19.9. The van der Waals surface area contributed by atoms with Crippen molar-refractivity contribution in [1.29, 1.82) is 0 Å². The molecule has 0 spiro atoms. The Labute approximate surface area is 189 Å². The van der Waals surface area contributed by atoms with Gasteiger partial charge in [0.2, 0.25) is 0 Å². The van der Waals surface area contributed by atoms with E-state index in [0.717, 1.165) is 43.2 Å². The number of nitrogens with zero attached hydrogens (tertiary/aromatic N) is 2. The highest BCUT2D eigenvalue weighted by Gasteiger charge is 2.27. The number of para-hydroxylation sites is 1. The molecule has 1 aliphatic heterocycles. The lowest BCUT2D eigenvalue weighted by atomic mass is 10.2. The monoisotopic (exact) mass is 513 g/mol. The van der Waals surface area contributed by atoms with E-state index in [1.165, 1.54) is 5.39 Å². The Hall–Kier alpha value is -1.97. The van der Waals surface area contributed by atoms with Crippen molar-refractivity contribution in [2.45, 2.75) is 52.3 Å². The van der Waals surface area contributed by atoms with Gasteiger partial charge in [0, 0.05) is 30.8 Å². The number of aliphatic imine (C=N–C) groups is 1. The van der Waals surface area contributed by atoms with E-state index in [-0.39, 0.29) is 36.1 Å². The lowest BCUT2D eigenvalue weighted by molar-refractivity contribution is 0.0507. The number of carbonyl (C=O) groups is 1. The number of alkyl carbamates (subject to hydrolysis) is 1. The van der Waals surface area contributed by atoms with Crippen LogP contribution in [-0.4, -0.2) is 53.2 Å². The van der Waals surface area contributed by atoms with Crippen molar-refractivity contribution in [2.75, 3.05) is 19.6 Å². The van der Waals surface area contributed by atoms with Crippen LogP contribution < -0.4 is 10.6 Å². The molecule has 0 radical (unpaired) electrons. The summed E-state index contributed by atoms with van der Waals surface area (Å²) in [7, 11) is 0. The highest BCUT2D eigenvalue weighted by molar-refractivity contribution is 14.0. The Morgan fingerprint density at radius 3 is 2.79 bits per heavy atom. The maximum Gasteiger partial charge on any atom is 0.407 e. The average molecular weight is 513 g/mol. The number of rotatable bonds is 4. The van der Waals surface area contributed by atoms with Gasteiger partial charge >= 0.3 is 6.09 Å². The van der Waals surface area contributed by atoms with Crippen LogP contribution in [0.25, 0.3) is 10.9 Å². The van der Waals surface area contributed by atoms with Crippen molar-refractivity contribution in [1.82, 2.24) is 20.5 Å². The van der Waals surface area contributed by atoms with E-state index in [4.69, 9.17) is 9.73 Å². The lowest BCUT2D eigenvalue weighted by Crippen LogP contribution is -2.44. The topological polar surface area (TPSA) is 81.8 Å². The van der Waals surface area contributed by atoms with E-state index < -0.39 is 5.60 Å². The van der Waals surface area contributed by atoms with Crippen LogP contribution in [0.15, 0.2) is 35.3 Å². The van der Waals surface area contributed by atoms with E-state index >= 15 is 0 Å². The molecule has 0 bridgehead atoms. The predicted octanol–water partition coefficient (Wildman–Crippen LogP) is 3.85. The summed E-state index contributed by atoms with van der Waals surface area (Å²) in [5.41, 5.74) is 1.72. The number of guanidine groups is 1. The van der Waals surface area contributed by atoms with Crippen LogP contribution in [0.1, 0.15) is 39.8 Å². The molecular formula is C21H32IN5O2. The van der Waals surface area contributed by atoms with E-state index in [9.17, 15) is 4.79 Å². The van der Waals surface area contributed by atoms with Gasteiger partial charge in [-0.1, -0.05) is 18.2 Å². The van der Waals surface area contributed by atoms with Crippen LogP contribution in [0.2, 0.25) is 0 Å². The molecule has 29 heavy (non-hydrogen) atoms. The van der Waals surface area contributed by atoms with Crippen molar-refractivity contribution in [3.05, 3.63) is 36.0 Å². The third-order valence-electron chi connectivity index (χ3n) is 4.53. The van der Waals surface area contributed by atoms with Gasteiger partial charge in [-0.25, -0.2) is 9.79 Å². The minimum absolute atomic E-state index is 0. The van der Waals surface area contributed by atoms with E-state index in [1.54, 1.807) is 0 Å². The number of likely N-dealkylation sites (tertiary alicyclic amines) is 1. The summed E-state index contributed by atoms with van der Waals surface area (Å²) >= 11 is 0. The minimum atomic E-state index is -0.488. The van der Waals surface area contributed by atoms with E-state index in [2.05, 4.69) is 45.6 Å². The standard InChI is InChI=1S/C21H31N5O2.HI/c1-5-22-19(23-13-17-12-15-8-6-7-9-18(15)24-17)26-11-10-16(14-26)25-20(27)28-21(2,3)4;/h6-9,12,16,24H,5,10-11,13-14H2,1-4H3,(H,22,23)(H,25,27);1H. The molecule has 0 saturated carbocycles. The SMILES string of the molecule is CCNC(=NCc1cc2ccccc2[nH]1)N1CCC(NC(=O)OC(C)(C)C)C1.I. The quantitative estimate of drug-likeness (QED) is 0.330. The first-order valence-corrected chi connectivity index (χ1v) is 9.93. The van der Waals surface area contributed by atoms with Crippen LogP contribution in [0.3, 0.4) is 0 Å². The van der Waals surface area contributed by atoms with Gasteiger partial charge in [0.1, 0.15) is 5.60 Å². The molecule has 1 unspecified atom stereocenters. The number of H-pyrrole nitrogens is 1. The Morgan fingerprint density at radius 2 is 2.10 bits per heavy atom. The number of nitrogens with one attached hydrogen (secondary N) is 3. The zero-order valence-electron chi connectivity index (χ0n) is 17.6. The highest BCUT2D eigenvalue weighted by atomic mass is 127. The van der Waals surface area contributed by atoms with E-state index in [1.807, 2.05) is 32.9 Å². The fourth-order valence-electron chi connectivity index (χ4n) is 3.35. The number of hydrogen-bond acceptors (Lipinski definition) is 3. The Kier molecular flexibility index (Phi) is 8.18. The first-order valence-electron chi connectivity index (χ1n) is 9.93. The molecule has 3 rings (SSSR count). The molecule has 7 nitrogen and oxygen atoms in total. The predicted molar refractivity (Wildman–Crippen MR) is 128 cm³/mol. The van der Waals surface area contributed by atoms with Gasteiger partial charge in [0.25, 0.3) is 0 Å². The van der Waals surface area contributed by atoms with Crippen LogP contribution in [0.4, 0.5) is 4.79 Å². The number of amides is 1. The molecule has 0 aliphatic carbocycles. The number of aromatic nitrogens is 1. The van der Waals surface area contributed by atoms with Gasteiger partial charge in [0.05, 0.1) is 12.6 Å². The number of aromatic amines is 1. The highest BCUT2D eigenvalue weighted by Crippen LogP contribution is 2.16. The van der Waals surface area contributed by atoms with Crippen molar-refractivity contribution < 1.29 is 9.53 Å². The average Bonchev–Trinajstić information content (AvgIpc) is 3.23. The summed E-state index contributed by atoms with van der Waals surface area (Å²) in [6, 6.07) is 10.4.